The summed E-state index contributed by atoms with van der Waals surface area (Å²) < 4.78 is 18.6. The first-order valence-electron chi connectivity index (χ1n) is 5.69. The molecule has 3 nitrogen and oxygen atoms in total. The number of methoxy groups -OCH3 is 1. The fraction of sp³-hybridized carbons (Fsp3) is 0.214. The molecule has 0 fully saturated rings. The maximum absolute atomic E-state index is 13.4. The Bertz CT molecular complexity index is 543. The van der Waals surface area contributed by atoms with Gasteiger partial charge >= 0.3 is 0 Å². The molecule has 4 heteroatoms. The molecule has 94 valence electrons. The van der Waals surface area contributed by atoms with Gasteiger partial charge < -0.3 is 10.1 Å². The molecule has 2 rings (SSSR count). The summed E-state index contributed by atoms with van der Waals surface area (Å²) in [6.07, 6.45) is 0. The number of nitrogens with zero attached hydrogens (tertiary/aromatic N) is 1. The van der Waals surface area contributed by atoms with Crippen molar-refractivity contribution in [2.75, 3.05) is 12.4 Å². The van der Waals surface area contributed by atoms with E-state index in [-0.39, 0.29) is 5.82 Å². The highest BCUT2D eigenvalue weighted by Gasteiger charge is 2.03. The Labute approximate surface area is 106 Å². The Morgan fingerprint density at radius 1 is 1.28 bits per heavy atom. The van der Waals surface area contributed by atoms with Crippen molar-refractivity contribution in [3.63, 3.8) is 0 Å². The lowest BCUT2D eigenvalue weighted by Gasteiger charge is -2.09. The molecule has 0 aliphatic carbocycles. The van der Waals surface area contributed by atoms with E-state index in [9.17, 15) is 4.39 Å². The second-order valence-corrected chi connectivity index (χ2v) is 3.97. The zero-order valence-electron chi connectivity index (χ0n) is 10.4. The lowest BCUT2D eigenvalue weighted by molar-refractivity contribution is 0.413. The number of anilines is 1. The van der Waals surface area contributed by atoms with Gasteiger partial charge in [0.05, 0.1) is 25.0 Å². The van der Waals surface area contributed by atoms with E-state index in [0.717, 1.165) is 17.1 Å². The first kappa shape index (κ1) is 12.4. The molecule has 0 unspecified atom stereocenters. The lowest BCUT2D eigenvalue weighted by Crippen LogP contribution is -2.04. The highest BCUT2D eigenvalue weighted by atomic mass is 19.1. The van der Waals surface area contributed by atoms with Crippen molar-refractivity contribution >= 4 is 5.69 Å². The van der Waals surface area contributed by atoms with Crippen molar-refractivity contribution in [3.05, 3.63) is 53.6 Å². The third kappa shape index (κ3) is 2.97. The minimum atomic E-state index is -0.267. The zero-order chi connectivity index (χ0) is 13.0. The average Bonchev–Trinajstić information content (AvgIpc) is 2.37. The molecule has 18 heavy (non-hydrogen) atoms. The molecule has 0 bridgehead atoms. The third-order valence-electron chi connectivity index (χ3n) is 2.55. The van der Waals surface area contributed by atoms with E-state index in [2.05, 4.69) is 10.3 Å². The minimum absolute atomic E-state index is 0.267. The number of benzene rings is 1. The Kier molecular flexibility index (Phi) is 3.77. The van der Waals surface area contributed by atoms with Gasteiger partial charge in [0.25, 0.3) is 0 Å². The van der Waals surface area contributed by atoms with Crippen LogP contribution in [0.4, 0.5) is 10.1 Å². The fourth-order valence-electron chi connectivity index (χ4n) is 1.70. The van der Waals surface area contributed by atoms with Crippen LogP contribution in [0.5, 0.6) is 5.75 Å². The van der Waals surface area contributed by atoms with E-state index in [0.29, 0.717) is 12.2 Å². The van der Waals surface area contributed by atoms with Crippen molar-refractivity contribution in [1.82, 2.24) is 4.98 Å². The molecule has 0 atom stereocenters. The first-order chi connectivity index (χ1) is 8.69. The molecule has 1 aromatic heterocycles. The van der Waals surface area contributed by atoms with Gasteiger partial charge in [0.2, 0.25) is 0 Å². The molecule has 0 saturated heterocycles. The van der Waals surface area contributed by atoms with E-state index in [4.69, 9.17) is 4.74 Å². The summed E-state index contributed by atoms with van der Waals surface area (Å²) in [5, 5.41) is 3.01. The predicted molar refractivity (Wildman–Crippen MR) is 69.3 cm³/mol. The van der Waals surface area contributed by atoms with Gasteiger partial charge in [-0.25, -0.2) is 4.39 Å². The van der Waals surface area contributed by atoms with E-state index >= 15 is 0 Å². The number of ether oxygens (including phenoxy) is 1. The number of hydrogen-bond donors (Lipinski definition) is 1. The highest BCUT2D eigenvalue weighted by molar-refractivity contribution is 5.44. The molecule has 1 heterocycles. The van der Waals surface area contributed by atoms with Crippen LogP contribution in [0, 0.1) is 12.7 Å². The number of para-hydroxylation sites is 1. The van der Waals surface area contributed by atoms with Crippen molar-refractivity contribution < 1.29 is 9.13 Å². The molecular weight excluding hydrogens is 231 g/mol. The molecular formula is C14H15FN2O. The predicted octanol–water partition coefficient (Wildman–Crippen LogP) is 3.15. The largest absolute Gasteiger partial charge is 0.497 e. The maximum atomic E-state index is 13.4. The topological polar surface area (TPSA) is 34.1 Å². The summed E-state index contributed by atoms with van der Waals surface area (Å²) in [5.41, 5.74) is 2.16. The second kappa shape index (κ2) is 5.49. The van der Waals surface area contributed by atoms with Crippen LogP contribution in [0.15, 0.2) is 36.4 Å². The summed E-state index contributed by atoms with van der Waals surface area (Å²) in [5.74, 6) is 0.491. The zero-order valence-corrected chi connectivity index (χ0v) is 10.4. The van der Waals surface area contributed by atoms with Gasteiger partial charge in [0.1, 0.15) is 11.6 Å². The molecule has 0 saturated carbocycles. The SMILES string of the molecule is COc1cc(C)nc(CNc2ccccc2F)c1. The van der Waals surface area contributed by atoms with Gasteiger partial charge in [-0.2, -0.15) is 0 Å². The summed E-state index contributed by atoms with van der Waals surface area (Å²) in [6, 6.07) is 10.3. The second-order valence-electron chi connectivity index (χ2n) is 3.97. The van der Waals surface area contributed by atoms with Crippen LogP contribution in [0.25, 0.3) is 0 Å². The Balaban J connectivity index is 2.11. The molecule has 0 aliphatic rings. The van der Waals surface area contributed by atoms with Gasteiger partial charge in [0.15, 0.2) is 0 Å². The van der Waals surface area contributed by atoms with Gasteiger partial charge in [-0.3, -0.25) is 4.98 Å². The smallest absolute Gasteiger partial charge is 0.146 e. The van der Waals surface area contributed by atoms with Crippen molar-refractivity contribution in [1.29, 1.82) is 0 Å². The number of nitrogens with one attached hydrogen (secondary N) is 1. The van der Waals surface area contributed by atoms with Crippen LogP contribution >= 0.6 is 0 Å². The van der Waals surface area contributed by atoms with Crippen molar-refractivity contribution in [3.8, 4) is 5.75 Å². The molecule has 2 aromatic rings. The first-order valence-corrected chi connectivity index (χ1v) is 5.69. The lowest BCUT2D eigenvalue weighted by atomic mass is 10.2. The van der Waals surface area contributed by atoms with Crippen LogP contribution < -0.4 is 10.1 Å². The Hall–Kier alpha value is -2.10. The van der Waals surface area contributed by atoms with Crippen LogP contribution in [-0.2, 0) is 6.54 Å². The summed E-state index contributed by atoms with van der Waals surface area (Å²) in [6.45, 7) is 2.36. The summed E-state index contributed by atoms with van der Waals surface area (Å²) in [4.78, 5) is 4.36. The minimum Gasteiger partial charge on any atom is -0.497 e. The van der Waals surface area contributed by atoms with E-state index < -0.39 is 0 Å². The number of aryl methyl sites for hydroxylation is 1. The van der Waals surface area contributed by atoms with E-state index in [1.165, 1.54) is 6.07 Å². The van der Waals surface area contributed by atoms with Crippen molar-refractivity contribution in [2.24, 2.45) is 0 Å². The average molecular weight is 246 g/mol. The van der Waals surface area contributed by atoms with Crippen molar-refractivity contribution in [2.45, 2.75) is 13.5 Å². The summed E-state index contributed by atoms with van der Waals surface area (Å²) in [7, 11) is 1.61. The summed E-state index contributed by atoms with van der Waals surface area (Å²) >= 11 is 0. The monoisotopic (exact) mass is 246 g/mol. The number of hydrogen-bond acceptors (Lipinski definition) is 3. The van der Waals surface area contributed by atoms with Gasteiger partial charge in [-0.05, 0) is 19.1 Å². The van der Waals surface area contributed by atoms with Gasteiger partial charge in [-0.1, -0.05) is 12.1 Å². The molecule has 0 aliphatic heterocycles. The maximum Gasteiger partial charge on any atom is 0.146 e. The standard InChI is InChI=1S/C14H15FN2O/c1-10-7-12(18-2)8-11(17-10)9-16-14-6-4-3-5-13(14)15/h3-8,16H,9H2,1-2H3. The van der Waals surface area contributed by atoms with Crippen LogP contribution in [0.2, 0.25) is 0 Å². The van der Waals surface area contributed by atoms with E-state index in [1.807, 2.05) is 19.1 Å². The van der Waals surface area contributed by atoms with Crippen LogP contribution in [0.1, 0.15) is 11.4 Å². The fourth-order valence-corrected chi connectivity index (χ4v) is 1.70. The number of aromatic nitrogens is 1. The molecule has 0 radical (unpaired) electrons. The number of rotatable bonds is 4. The van der Waals surface area contributed by atoms with Crippen LogP contribution in [0.3, 0.4) is 0 Å². The van der Waals surface area contributed by atoms with Crippen LogP contribution in [-0.4, -0.2) is 12.1 Å². The van der Waals surface area contributed by atoms with Gasteiger partial charge in [-0.15, -0.1) is 0 Å². The normalized spacial score (nSPS) is 10.2. The number of halogens is 1. The Morgan fingerprint density at radius 3 is 2.78 bits per heavy atom. The number of pyridine rings is 1. The highest BCUT2D eigenvalue weighted by Crippen LogP contribution is 2.16. The molecule has 1 aromatic carbocycles. The Morgan fingerprint density at radius 2 is 2.06 bits per heavy atom. The van der Waals surface area contributed by atoms with Gasteiger partial charge in [0, 0.05) is 17.8 Å². The molecule has 0 amide bonds. The third-order valence-corrected chi connectivity index (χ3v) is 2.55. The van der Waals surface area contributed by atoms with E-state index in [1.54, 1.807) is 25.3 Å². The quantitative estimate of drug-likeness (QED) is 0.899. The molecule has 1 N–H and O–H groups in total. The molecule has 0 spiro atoms.